The zero-order valence-electron chi connectivity index (χ0n) is 26.4. The fourth-order valence-electron chi connectivity index (χ4n) is 7.22. The molecule has 0 spiro atoms. The van der Waals surface area contributed by atoms with E-state index in [-0.39, 0.29) is 5.41 Å². The molecule has 2 heterocycles. The molecule has 0 N–H and O–H groups in total. The van der Waals surface area contributed by atoms with Gasteiger partial charge in [0.1, 0.15) is 16.7 Å². The maximum absolute atomic E-state index is 6.95. The van der Waals surface area contributed by atoms with Crippen molar-refractivity contribution in [2.75, 3.05) is 4.90 Å². The van der Waals surface area contributed by atoms with E-state index in [0.29, 0.717) is 0 Å². The second-order valence-corrected chi connectivity index (χ2v) is 13.4. The van der Waals surface area contributed by atoms with Gasteiger partial charge in [0.2, 0.25) is 0 Å². The minimum Gasteiger partial charge on any atom is -0.455 e. The molecule has 9 aromatic rings. The Kier molecular flexibility index (Phi) is 5.67. The largest absolute Gasteiger partial charge is 0.455 e. The van der Waals surface area contributed by atoms with Gasteiger partial charge in [-0.15, -0.1) is 0 Å². The van der Waals surface area contributed by atoms with Crippen LogP contribution in [0.15, 0.2) is 136 Å². The summed E-state index contributed by atoms with van der Waals surface area (Å²) in [5.41, 5.74) is 9.16. The Morgan fingerprint density at radius 3 is 1.85 bits per heavy atom. The number of anilines is 3. The summed E-state index contributed by atoms with van der Waals surface area (Å²) in [6, 6.07) is 45.5. The van der Waals surface area contributed by atoms with Crippen molar-refractivity contribution in [1.29, 1.82) is 0 Å². The summed E-state index contributed by atoms with van der Waals surface area (Å²) in [7, 11) is 0. The summed E-state index contributed by atoms with van der Waals surface area (Å²) in [6.07, 6.45) is 0. The molecule has 3 nitrogen and oxygen atoms in total. The smallest absolute Gasteiger partial charge is 0.159 e. The van der Waals surface area contributed by atoms with E-state index >= 15 is 0 Å². The number of benzene rings is 7. The molecule has 0 bridgehead atoms. The van der Waals surface area contributed by atoms with Crippen molar-refractivity contribution in [2.24, 2.45) is 0 Å². The number of aryl methyl sites for hydroxylation is 1. The third kappa shape index (κ3) is 3.91. The molecule has 46 heavy (non-hydrogen) atoms. The van der Waals surface area contributed by atoms with Crippen LogP contribution in [-0.2, 0) is 5.41 Å². The highest BCUT2D eigenvalue weighted by molar-refractivity contribution is 6.22. The second-order valence-electron chi connectivity index (χ2n) is 13.4. The van der Waals surface area contributed by atoms with E-state index in [1.165, 1.54) is 21.9 Å². The molecule has 3 heteroatoms. The molecule has 0 atom stereocenters. The van der Waals surface area contributed by atoms with Crippen molar-refractivity contribution in [3.63, 3.8) is 0 Å². The SMILES string of the molecule is Cc1ccccc1N(c1cc2c3cc4ccccc4cc3oc2c2ccccc12)c1cccc2c1oc1c(C(C)(C)C)cccc12. The number of rotatable bonds is 3. The van der Waals surface area contributed by atoms with E-state index in [1.54, 1.807) is 0 Å². The Morgan fingerprint density at radius 1 is 0.457 bits per heavy atom. The lowest BCUT2D eigenvalue weighted by atomic mass is 9.86. The van der Waals surface area contributed by atoms with Crippen LogP contribution >= 0.6 is 0 Å². The van der Waals surface area contributed by atoms with Gasteiger partial charge in [-0.1, -0.05) is 118 Å². The van der Waals surface area contributed by atoms with E-state index in [2.05, 4.69) is 160 Å². The monoisotopic (exact) mass is 595 g/mol. The Balaban J connectivity index is 1.42. The zero-order valence-corrected chi connectivity index (χ0v) is 26.4. The lowest BCUT2D eigenvalue weighted by molar-refractivity contribution is 0.573. The van der Waals surface area contributed by atoms with Crippen molar-refractivity contribution in [3.8, 4) is 0 Å². The van der Waals surface area contributed by atoms with E-state index in [9.17, 15) is 0 Å². The van der Waals surface area contributed by atoms with Crippen LogP contribution < -0.4 is 4.90 Å². The number of para-hydroxylation sites is 3. The van der Waals surface area contributed by atoms with Crippen LogP contribution in [0.3, 0.4) is 0 Å². The Hall–Kier alpha value is -5.54. The molecule has 0 saturated carbocycles. The number of fused-ring (bicyclic) bond motifs is 9. The minimum atomic E-state index is -0.0585. The average Bonchev–Trinajstić information content (AvgIpc) is 3.63. The van der Waals surface area contributed by atoms with Crippen LogP contribution in [0.5, 0.6) is 0 Å². The van der Waals surface area contributed by atoms with Gasteiger partial charge in [-0.05, 0) is 59.0 Å². The molecule has 7 aromatic carbocycles. The van der Waals surface area contributed by atoms with Crippen LogP contribution in [0.25, 0.3) is 65.4 Å². The molecular weight excluding hydrogens is 562 g/mol. The summed E-state index contributed by atoms with van der Waals surface area (Å²) in [4.78, 5) is 2.39. The normalized spacial score (nSPS) is 12.3. The molecule has 2 aromatic heterocycles. The van der Waals surface area contributed by atoms with Crippen molar-refractivity contribution in [1.82, 2.24) is 0 Å². The number of nitrogens with zero attached hydrogens (tertiary/aromatic N) is 1. The standard InChI is InChI=1S/C43H33NO2/c1-26-13-5-10-21-36(26)44(37-22-12-19-32-31-18-11-20-35(43(2,3)4)41(31)46-42(32)37)38-25-34-33-23-27-14-6-7-15-28(27)24-39(33)45-40(34)30-17-9-8-16-29(30)38/h5-25H,1-4H3. The lowest BCUT2D eigenvalue weighted by Crippen LogP contribution is -2.12. The topological polar surface area (TPSA) is 29.5 Å². The van der Waals surface area contributed by atoms with Gasteiger partial charge in [0, 0.05) is 43.6 Å². The fraction of sp³-hybridized carbons (Fsp3) is 0.116. The summed E-state index contributed by atoms with van der Waals surface area (Å²) in [5, 5.41) is 9.04. The Morgan fingerprint density at radius 2 is 1.07 bits per heavy atom. The van der Waals surface area contributed by atoms with E-state index in [0.717, 1.165) is 71.7 Å². The molecule has 0 unspecified atom stereocenters. The second kappa shape index (κ2) is 9.73. The first-order chi connectivity index (χ1) is 22.4. The van der Waals surface area contributed by atoms with Gasteiger partial charge in [-0.3, -0.25) is 0 Å². The van der Waals surface area contributed by atoms with Crippen LogP contribution in [0, 0.1) is 6.92 Å². The Labute approximate surface area is 267 Å². The van der Waals surface area contributed by atoms with Crippen LogP contribution in [0.4, 0.5) is 17.1 Å². The molecule has 0 radical (unpaired) electrons. The maximum Gasteiger partial charge on any atom is 0.159 e. The van der Waals surface area contributed by atoms with Gasteiger partial charge < -0.3 is 13.7 Å². The summed E-state index contributed by atoms with van der Waals surface area (Å²) >= 11 is 0. The van der Waals surface area contributed by atoms with E-state index in [1.807, 2.05) is 0 Å². The highest BCUT2D eigenvalue weighted by Crippen LogP contribution is 2.48. The van der Waals surface area contributed by atoms with Crippen molar-refractivity contribution in [3.05, 3.63) is 139 Å². The molecule has 0 aliphatic heterocycles. The first-order valence-corrected chi connectivity index (χ1v) is 15.9. The molecule has 222 valence electrons. The van der Waals surface area contributed by atoms with Crippen molar-refractivity contribution < 1.29 is 8.83 Å². The third-order valence-electron chi connectivity index (χ3n) is 9.47. The van der Waals surface area contributed by atoms with Crippen molar-refractivity contribution >= 4 is 82.5 Å². The molecule has 0 fully saturated rings. The van der Waals surface area contributed by atoms with E-state index < -0.39 is 0 Å². The first-order valence-electron chi connectivity index (χ1n) is 15.9. The number of hydrogen-bond acceptors (Lipinski definition) is 3. The highest BCUT2D eigenvalue weighted by Gasteiger charge is 2.26. The van der Waals surface area contributed by atoms with Gasteiger partial charge in [0.25, 0.3) is 0 Å². The highest BCUT2D eigenvalue weighted by atomic mass is 16.3. The van der Waals surface area contributed by atoms with Crippen LogP contribution in [-0.4, -0.2) is 0 Å². The predicted octanol–water partition coefficient (Wildman–Crippen LogP) is 12.9. The molecule has 0 aliphatic carbocycles. The summed E-state index contributed by atoms with van der Waals surface area (Å²) in [5.74, 6) is 0. The maximum atomic E-state index is 6.95. The van der Waals surface area contributed by atoms with E-state index in [4.69, 9.17) is 8.83 Å². The quantitative estimate of drug-likeness (QED) is 0.203. The summed E-state index contributed by atoms with van der Waals surface area (Å²) in [6.45, 7) is 8.92. The fourth-order valence-corrected chi connectivity index (χ4v) is 7.22. The van der Waals surface area contributed by atoms with Gasteiger partial charge in [0.15, 0.2) is 5.58 Å². The summed E-state index contributed by atoms with van der Waals surface area (Å²) < 4.78 is 13.6. The molecular formula is C43H33NO2. The lowest BCUT2D eigenvalue weighted by Gasteiger charge is -2.28. The molecule has 0 saturated heterocycles. The van der Waals surface area contributed by atoms with Gasteiger partial charge >= 0.3 is 0 Å². The molecule has 0 amide bonds. The molecule has 0 aliphatic rings. The van der Waals surface area contributed by atoms with Gasteiger partial charge in [0.05, 0.1) is 11.4 Å². The Bertz CT molecular complexity index is 2650. The molecule has 9 rings (SSSR count). The zero-order chi connectivity index (χ0) is 31.2. The van der Waals surface area contributed by atoms with Gasteiger partial charge in [-0.25, -0.2) is 0 Å². The number of furan rings is 2. The van der Waals surface area contributed by atoms with Gasteiger partial charge in [-0.2, -0.15) is 0 Å². The average molecular weight is 596 g/mol. The van der Waals surface area contributed by atoms with Crippen LogP contribution in [0.2, 0.25) is 0 Å². The third-order valence-corrected chi connectivity index (χ3v) is 9.47. The first kappa shape index (κ1) is 26.8. The van der Waals surface area contributed by atoms with Crippen LogP contribution in [0.1, 0.15) is 31.9 Å². The minimum absolute atomic E-state index is 0.0585. The predicted molar refractivity (Wildman–Crippen MR) is 194 cm³/mol. The number of hydrogen-bond donors (Lipinski definition) is 0. The van der Waals surface area contributed by atoms with Crippen molar-refractivity contribution in [2.45, 2.75) is 33.1 Å².